The number of carbonyl (C=O) groups is 1. The van der Waals surface area contributed by atoms with Crippen LogP contribution in [0.25, 0.3) is 0 Å². The summed E-state index contributed by atoms with van der Waals surface area (Å²) in [4.78, 5) is 30.6. The van der Waals surface area contributed by atoms with E-state index in [1.54, 1.807) is 0 Å². The molecule has 0 radical (unpaired) electrons. The predicted molar refractivity (Wildman–Crippen MR) is 38.5 cm³/mol. The van der Waals surface area contributed by atoms with E-state index in [-0.39, 0.29) is 103 Å². The number of nitrogens with two attached hydrogens (primary N) is 2. The molecule has 0 saturated heterocycles. The molecule has 0 fully saturated rings. The molecule has 0 heterocycles. The molecule has 7 N–H and O–H groups in total. The van der Waals surface area contributed by atoms with Crippen molar-refractivity contribution in [3.8, 4) is 0 Å². The van der Waals surface area contributed by atoms with Crippen molar-refractivity contribution in [3.63, 3.8) is 0 Å². The fourth-order valence-corrected chi connectivity index (χ4v) is 0. The minimum absolute atomic E-state index is 0. The van der Waals surface area contributed by atoms with Gasteiger partial charge in [-0.05, 0) is 0 Å². The minimum Gasteiger partial charge on any atom is -0.759 e. The molecule has 2 amide bonds. The van der Waals surface area contributed by atoms with Gasteiger partial charge in [-0.25, -0.2) is 9.36 Å². The van der Waals surface area contributed by atoms with E-state index in [0.29, 0.717) is 0 Å². The summed E-state index contributed by atoms with van der Waals surface area (Å²) in [6.07, 6.45) is 0. The van der Waals surface area contributed by atoms with Crippen LogP contribution in [-0.4, -0.2) is 38.2 Å². The first-order chi connectivity index (χ1) is 5.73. The Kier molecular flexibility index (Phi) is 30.3. The van der Waals surface area contributed by atoms with E-state index in [1.165, 1.54) is 0 Å². The van der Waals surface area contributed by atoms with Crippen LogP contribution in [0.5, 0.6) is 0 Å². The standard InChI is InChI=1S/CH4N2O.2K.H3O4P.H2O4S/c2-1(3)4;;;2*1-5(2,3)4/h(H4,2,3,4);;;(H3,1,2,3,4);(H2,1,2,3,4)/q;2*+1;;/p-2. The van der Waals surface area contributed by atoms with Gasteiger partial charge in [0.1, 0.15) is 0 Å². The van der Waals surface area contributed by atoms with Gasteiger partial charge in [0.15, 0.2) is 0 Å². The van der Waals surface area contributed by atoms with Crippen LogP contribution >= 0.6 is 7.82 Å². The monoisotopic (exact) mass is 332 g/mol. The molecule has 0 aliphatic rings. The van der Waals surface area contributed by atoms with Crippen LogP contribution in [-0.2, 0) is 15.0 Å². The van der Waals surface area contributed by atoms with E-state index in [0.717, 1.165) is 0 Å². The summed E-state index contributed by atoms with van der Waals surface area (Å²) in [5.74, 6) is 0. The Labute approximate surface area is 176 Å². The number of amides is 2. The fourth-order valence-electron chi connectivity index (χ4n) is 0. The quantitative estimate of drug-likeness (QED) is 0.122. The van der Waals surface area contributed by atoms with E-state index in [2.05, 4.69) is 11.5 Å². The Hall–Kier alpha value is 2.52. The summed E-state index contributed by atoms with van der Waals surface area (Å²) in [5, 5.41) is 0. The SMILES string of the molecule is NC(N)=O.O=P(O)(O)O.O=S(=O)([O-])[O-].[K+].[K+]. The first-order valence-corrected chi connectivity index (χ1v) is 5.13. The first-order valence-electron chi connectivity index (χ1n) is 2.23. The van der Waals surface area contributed by atoms with Crippen LogP contribution in [0.2, 0.25) is 0 Å². The molecule has 11 nitrogen and oxygen atoms in total. The molecule has 0 aromatic heterocycles. The van der Waals surface area contributed by atoms with Gasteiger partial charge in [-0.1, -0.05) is 0 Å². The third kappa shape index (κ3) is 626. The average Bonchev–Trinajstić information content (AvgIpc) is 1.45. The molecule has 0 aliphatic carbocycles. The van der Waals surface area contributed by atoms with Crippen molar-refractivity contribution in [3.05, 3.63) is 0 Å². The predicted octanol–water partition coefficient (Wildman–Crippen LogP) is -9.23. The third-order valence-corrected chi connectivity index (χ3v) is 0. The van der Waals surface area contributed by atoms with E-state index in [4.69, 9.17) is 41.6 Å². The van der Waals surface area contributed by atoms with Gasteiger partial charge in [-0.15, -0.1) is 0 Å². The summed E-state index contributed by atoms with van der Waals surface area (Å²) in [6.45, 7) is 0. The van der Waals surface area contributed by atoms with Gasteiger partial charge in [-0.3, -0.25) is 8.42 Å². The van der Waals surface area contributed by atoms with Crippen LogP contribution < -0.4 is 114 Å². The molecule has 15 heteroatoms. The van der Waals surface area contributed by atoms with Crippen LogP contribution in [0, 0.1) is 0 Å². The Morgan fingerprint density at radius 1 is 1.06 bits per heavy atom. The molecule has 0 bridgehead atoms. The van der Waals surface area contributed by atoms with Crippen molar-refractivity contribution in [1.82, 2.24) is 0 Å². The number of hydrogen-bond donors (Lipinski definition) is 5. The zero-order valence-electron chi connectivity index (χ0n) is 8.30. The van der Waals surface area contributed by atoms with Crippen LogP contribution in [0.1, 0.15) is 0 Å². The van der Waals surface area contributed by atoms with Gasteiger partial charge in [0.25, 0.3) is 0 Å². The second-order valence-corrected chi connectivity index (χ2v) is 3.17. The molecule has 88 valence electrons. The second kappa shape index (κ2) is 15.6. The number of primary amides is 2. The summed E-state index contributed by atoms with van der Waals surface area (Å²) < 4.78 is 43.0. The first kappa shape index (κ1) is 31.1. The van der Waals surface area contributed by atoms with E-state index < -0.39 is 24.3 Å². The van der Waals surface area contributed by atoms with Crippen molar-refractivity contribution in [2.45, 2.75) is 0 Å². The largest absolute Gasteiger partial charge is 1.00 e. The number of rotatable bonds is 0. The minimum atomic E-state index is -5.17. The van der Waals surface area contributed by atoms with E-state index in [1.807, 2.05) is 0 Å². The molecule has 0 aromatic carbocycles. The average molecular weight is 332 g/mol. The van der Waals surface area contributed by atoms with Crippen molar-refractivity contribution >= 4 is 24.3 Å². The van der Waals surface area contributed by atoms with Gasteiger partial charge in [0.2, 0.25) is 0 Å². The van der Waals surface area contributed by atoms with Gasteiger partial charge < -0.3 is 35.3 Å². The van der Waals surface area contributed by atoms with Gasteiger partial charge in [0.05, 0.1) is 0 Å². The summed E-state index contributed by atoms with van der Waals surface area (Å²) in [7, 11) is -9.81. The van der Waals surface area contributed by atoms with Gasteiger partial charge >= 0.3 is 117 Å². The van der Waals surface area contributed by atoms with Crippen LogP contribution in [0.15, 0.2) is 0 Å². The van der Waals surface area contributed by atoms with Gasteiger partial charge in [0, 0.05) is 10.4 Å². The smallest absolute Gasteiger partial charge is 0.759 e. The number of carbonyl (C=O) groups excluding carboxylic acids is 1. The molecule has 0 atom stereocenters. The molecule has 0 aliphatic heterocycles. The maximum Gasteiger partial charge on any atom is 1.00 e. The van der Waals surface area contributed by atoms with Crippen LogP contribution in [0.3, 0.4) is 0 Å². The maximum absolute atomic E-state index is 9.00. The molecule has 16 heavy (non-hydrogen) atoms. The number of urea groups is 1. The zero-order chi connectivity index (χ0) is 12.6. The maximum atomic E-state index is 9.00. The van der Waals surface area contributed by atoms with Crippen LogP contribution in [0.4, 0.5) is 4.79 Å². The van der Waals surface area contributed by atoms with Crippen molar-refractivity contribution in [1.29, 1.82) is 0 Å². The Bertz CT molecular complexity index is 276. The van der Waals surface area contributed by atoms with Crippen molar-refractivity contribution < 1.29 is 144 Å². The Morgan fingerprint density at radius 2 is 1.06 bits per heavy atom. The van der Waals surface area contributed by atoms with E-state index in [9.17, 15) is 0 Å². The Morgan fingerprint density at radius 3 is 1.06 bits per heavy atom. The summed E-state index contributed by atoms with van der Waals surface area (Å²) >= 11 is 0. The zero-order valence-corrected chi connectivity index (χ0v) is 16.3. The molecule has 0 saturated carbocycles. The topological polar surface area (TPSA) is 227 Å². The van der Waals surface area contributed by atoms with Crippen molar-refractivity contribution in [2.75, 3.05) is 0 Å². The summed E-state index contributed by atoms with van der Waals surface area (Å²) in [5.41, 5.74) is 8.50. The molecular weight excluding hydrogens is 325 g/mol. The third-order valence-electron chi connectivity index (χ3n) is 0. The molecule has 0 rings (SSSR count). The Balaban J connectivity index is -0.0000000358. The van der Waals surface area contributed by atoms with Gasteiger partial charge in [-0.2, -0.15) is 0 Å². The fraction of sp³-hybridized carbons (Fsp3) is 0. The normalized spacial score (nSPS) is 8.81. The number of hydrogen-bond acceptors (Lipinski definition) is 6. The second-order valence-electron chi connectivity index (χ2n) is 1.32. The number of phosphoric acid groups is 1. The molecule has 0 unspecified atom stereocenters. The molecular formula is CH7K2N2O9PS. The van der Waals surface area contributed by atoms with Crippen molar-refractivity contribution in [2.24, 2.45) is 11.5 Å². The van der Waals surface area contributed by atoms with E-state index >= 15 is 0 Å². The molecule has 0 aromatic rings. The summed E-state index contributed by atoms with van der Waals surface area (Å²) in [6, 6.07) is -0.833. The molecule has 0 spiro atoms.